The highest BCUT2D eigenvalue weighted by Gasteiger charge is 2.40. The van der Waals surface area contributed by atoms with Gasteiger partial charge >= 0.3 is 0 Å². The second kappa shape index (κ2) is 3.77. The largest absolute Gasteiger partial charge is 0.508 e. The van der Waals surface area contributed by atoms with Gasteiger partial charge in [-0.2, -0.15) is 0 Å². The summed E-state index contributed by atoms with van der Waals surface area (Å²) in [5.74, 6) is 1.85. The van der Waals surface area contributed by atoms with Crippen molar-refractivity contribution in [2.24, 2.45) is 5.92 Å². The maximum absolute atomic E-state index is 9.98. The fourth-order valence-corrected chi connectivity index (χ4v) is 3.48. The molecule has 1 aliphatic carbocycles. The molecule has 3 rings (SSSR count). The lowest BCUT2D eigenvalue weighted by molar-refractivity contribution is 0.322. The summed E-state index contributed by atoms with van der Waals surface area (Å²) in [6.45, 7) is 5.80. The zero-order chi connectivity index (χ0) is 11.1. The Labute approximate surface area is 96.9 Å². The Morgan fingerprint density at radius 1 is 1.38 bits per heavy atom. The molecule has 16 heavy (non-hydrogen) atoms. The van der Waals surface area contributed by atoms with E-state index in [-0.39, 0.29) is 0 Å². The summed E-state index contributed by atoms with van der Waals surface area (Å²) in [5.41, 5.74) is 2.62. The van der Waals surface area contributed by atoms with Gasteiger partial charge in [-0.15, -0.1) is 0 Å². The predicted molar refractivity (Wildman–Crippen MR) is 64.8 cm³/mol. The summed E-state index contributed by atoms with van der Waals surface area (Å²) in [6.07, 6.45) is 2.39. The molecule has 86 valence electrons. The van der Waals surface area contributed by atoms with E-state index in [0.29, 0.717) is 11.7 Å². The van der Waals surface area contributed by atoms with Crippen LogP contribution in [0.15, 0.2) is 18.2 Å². The third-order valence-electron chi connectivity index (χ3n) is 4.08. The molecule has 0 amide bonds. The predicted octanol–water partition coefficient (Wildman–Crippen LogP) is 2.37. The highest BCUT2D eigenvalue weighted by atomic mass is 16.3. The second-order valence-electron chi connectivity index (χ2n) is 5.18. The topological polar surface area (TPSA) is 23.5 Å². The van der Waals surface area contributed by atoms with Gasteiger partial charge in [0.15, 0.2) is 0 Å². The summed E-state index contributed by atoms with van der Waals surface area (Å²) in [4.78, 5) is 2.55. The molecule has 2 atom stereocenters. The number of benzene rings is 1. The lowest BCUT2D eigenvalue weighted by atomic mass is 9.96. The number of rotatable bonds is 2. The number of hydrogen-bond acceptors (Lipinski definition) is 2. The van der Waals surface area contributed by atoms with E-state index in [1.54, 1.807) is 0 Å². The van der Waals surface area contributed by atoms with Crippen LogP contribution in [0.5, 0.6) is 5.75 Å². The third-order valence-corrected chi connectivity index (χ3v) is 4.08. The molecule has 2 heteroatoms. The molecule has 1 aliphatic heterocycles. The molecule has 1 heterocycles. The van der Waals surface area contributed by atoms with Crippen molar-refractivity contribution in [3.8, 4) is 5.75 Å². The molecule has 1 fully saturated rings. The Morgan fingerprint density at radius 2 is 2.25 bits per heavy atom. The summed E-state index contributed by atoms with van der Waals surface area (Å²) in [6, 6.07) is 5.99. The van der Waals surface area contributed by atoms with Crippen molar-refractivity contribution in [3.63, 3.8) is 0 Å². The van der Waals surface area contributed by atoms with E-state index in [1.165, 1.54) is 30.6 Å². The molecule has 0 aromatic heterocycles. The van der Waals surface area contributed by atoms with Gasteiger partial charge in [-0.05, 0) is 36.9 Å². The minimum absolute atomic E-state index is 0.517. The van der Waals surface area contributed by atoms with Gasteiger partial charge in [0.2, 0.25) is 0 Å². The maximum Gasteiger partial charge on any atom is 0.119 e. The van der Waals surface area contributed by atoms with Gasteiger partial charge in [-0.1, -0.05) is 19.1 Å². The molecule has 0 bridgehead atoms. The summed E-state index contributed by atoms with van der Waals surface area (Å²) in [7, 11) is 0. The molecule has 1 aromatic rings. The molecule has 2 unspecified atom stereocenters. The smallest absolute Gasteiger partial charge is 0.119 e. The van der Waals surface area contributed by atoms with E-state index in [9.17, 15) is 5.11 Å². The first kappa shape index (κ1) is 10.2. The minimum Gasteiger partial charge on any atom is -0.508 e. The zero-order valence-electron chi connectivity index (χ0n) is 9.82. The molecule has 1 N–H and O–H groups in total. The molecular formula is C14H19NO. The number of phenols is 1. The van der Waals surface area contributed by atoms with Gasteiger partial charge in [0.05, 0.1) is 0 Å². The van der Waals surface area contributed by atoms with E-state index >= 15 is 0 Å². The molecule has 0 spiro atoms. The van der Waals surface area contributed by atoms with Crippen LogP contribution in [0.2, 0.25) is 0 Å². The van der Waals surface area contributed by atoms with Crippen LogP contribution >= 0.6 is 0 Å². The van der Waals surface area contributed by atoms with Crippen molar-refractivity contribution in [3.05, 3.63) is 29.3 Å². The van der Waals surface area contributed by atoms with Crippen LogP contribution in [0, 0.1) is 5.92 Å². The zero-order valence-corrected chi connectivity index (χ0v) is 9.82. The van der Waals surface area contributed by atoms with Gasteiger partial charge in [-0.25, -0.2) is 0 Å². The Hall–Kier alpha value is -1.02. The Kier molecular flexibility index (Phi) is 2.40. The number of nitrogens with zero attached hydrogens (tertiary/aromatic N) is 1. The first-order valence-electron chi connectivity index (χ1n) is 6.32. The molecule has 1 saturated heterocycles. The number of likely N-dealkylation sites (tertiary alicyclic amines) is 1. The molecule has 0 saturated carbocycles. The normalized spacial score (nSPS) is 28.1. The van der Waals surface area contributed by atoms with Crippen molar-refractivity contribution < 1.29 is 5.11 Å². The molecular weight excluding hydrogens is 198 g/mol. The Bertz CT molecular complexity index is 402. The minimum atomic E-state index is 0.517. The van der Waals surface area contributed by atoms with Crippen LogP contribution in [0.4, 0.5) is 0 Å². The summed E-state index contributed by atoms with van der Waals surface area (Å²) in [5, 5.41) is 9.98. The first-order chi connectivity index (χ1) is 7.79. The summed E-state index contributed by atoms with van der Waals surface area (Å²) >= 11 is 0. The standard InChI is InChI=1S/C14H19NO/c1-2-6-15-8-11-7-10-4-3-5-13(16)14(10)12(11)9-15/h3-5,11-12,16H,2,6-9H2,1H3. The number of fused-ring (bicyclic) bond motifs is 3. The van der Waals surface area contributed by atoms with Crippen LogP contribution in [0.25, 0.3) is 0 Å². The number of hydrogen-bond donors (Lipinski definition) is 1. The van der Waals surface area contributed by atoms with Crippen molar-refractivity contribution in [2.45, 2.75) is 25.7 Å². The highest BCUT2D eigenvalue weighted by Crippen LogP contribution is 2.46. The van der Waals surface area contributed by atoms with E-state index in [4.69, 9.17) is 0 Å². The van der Waals surface area contributed by atoms with Gasteiger partial charge in [0, 0.05) is 24.6 Å². The van der Waals surface area contributed by atoms with E-state index in [0.717, 1.165) is 18.9 Å². The van der Waals surface area contributed by atoms with Gasteiger partial charge < -0.3 is 10.0 Å². The Morgan fingerprint density at radius 3 is 3.06 bits per heavy atom. The SMILES string of the molecule is CCCN1CC2Cc3cccc(O)c3C2C1. The van der Waals surface area contributed by atoms with Crippen LogP contribution in [-0.4, -0.2) is 29.6 Å². The van der Waals surface area contributed by atoms with Crippen LogP contribution in [0.3, 0.4) is 0 Å². The third kappa shape index (κ3) is 1.44. The first-order valence-corrected chi connectivity index (χ1v) is 6.32. The van der Waals surface area contributed by atoms with Crippen molar-refractivity contribution in [1.82, 2.24) is 4.90 Å². The van der Waals surface area contributed by atoms with Crippen molar-refractivity contribution in [1.29, 1.82) is 0 Å². The van der Waals surface area contributed by atoms with Gasteiger partial charge in [-0.3, -0.25) is 0 Å². The van der Waals surface area contributed by atoms with Gasteiger partial charge in [0.25, 0.3) is 0 Å². The van der Waals surface area contributed by atoms with E-state index in [1.807, 2.05) is 12.1 Å². The van der Waals surface area contributed by atoms with E-state index < -0.39 is 0 Å². The average Bonchev–Trinajstić information content (AvgIpc) is 2.75. The van der Waals surface area contributed by atoms with Crippen LogP contribution in [0.1, 0.15) is 30.4 Å². The summed E-state index contributed by atoms with van der Waals surface area (Å²) < 4.78 is 0. The van der Waals surface area contributed by atoms with Crippen molar-refractivity contribution in [2.75, 3.05) is 19.6 Å². The quantitative estimate of drug-likeness (QED) is 0.822. The van der Waals surface area contributed by atoms with Crippen molar-refractivity contribution >= 4 is 0 Å². The lowest BCUT2D eigenvalue weighted by Crippen LogP contribution is -2.22. The van der Waals surface area contributed by atoms with Crippen LogP contribution < -0.4 is 0 Å². The van der Waals surface area contributed by atoms with Crippen LogP contribution in [-0.2, 0) is 6.42 Å². The Balaban J connectivity index is 1.88. The molecule has 2 aliphatic rings. The number of aromatic hydroxyl groups is 1. The number of phenolic OH excluding ortho intramolecular Hbond substituents is 1. The fourth-order valence-electron chi connectivity index (χ4n) is 3.48. The average molecular weight is 217 g/mol. The molecule has 0 radical (unpaired) electrons. The highest BCUT2D eigenvalue weighted by molar-refractivity contribution is 5.47. The van der Waals surface area contributed by atoms with Gasteiger partial charge in [0.1, 0.15) is 5.75 Å². The lowest BCUT2D eigenvalue weighted by Gasteiger charge is -2.16. The molecule has 1 aromatic carbocycles. The van der Waals surface area contributed by atoms with E-state index in [2.05, 4.69) is 17.9 Å². The monoisotopic (exact) mass is 217 g/mol. The second-order valence-corrected chi connectivity index (χ2v) is 5.18. The maximum atomic E-state index is 9.98. The molecule has 2 nitrogen and oxygen atoms in total. The fraction of sp³-hybridized carbons (Fsp3) is 0.571.